The second kappa shape index (κ2) is 7.19. The first-order valence-electron chi connectivity index (χ1n) is 6.18. The normalized spacial score (nSPS) is 11.7. The van der Waals surface area contributed by atoms with Crippen LogP contribution >= 0.6 is 22.9 Å². The predicted octanol–water partition coefficient (Wildman–Crippen LogP) is 2.83. The Hall–Kier alpha value is -1.92. The predicted molar refractivity (Wildman–Crippen MR) is 80.4 cm³/mol. The Labute approximate surface area is 130 Å². The average molecular weight is 325 g/mol. The van der Waals surface area contributed by atoms with Gasteiger partial charge in [-0.1, -0.05) is 17.7 Å². The second-order valence-corrected chi connectivity index (χ2v) is 5.56. The zero-order valence-electron chi connectivity index (χ0n) is 11.2. The Balaban J connectivity index is 1.84. The molecule has 1 N–H and O–H groups in total. The maximum absolute atomic E-state index is 11.8. The Bertz CT molecular complexity index is 631. The van der Waals surface area contributed by atoms with Crippen molar-refractivity contribution in [2.45, 2.75) is 13.0 Å². The van der Waals surface area contributed by atoms with Gasteiger partial charge in [0.2, 0.25) is 0 Å². The molecule has 7 heteroatoms. The lowest BCUT2D eigenvalue weighted by atomic mass is 10.3. The highest BCUT2D eigenvalue weighted by Crippen LogP contribution is 2.18. The largest absolute Gasteiger partial charge is 0.452 e. The molecule has 2 aromatic heterocycles. The first-order chi connectivity index (χ1) is 10.1. The van der Waals surface area contributed by atoms with Crippen molar-refractivity contribution in [3.05, 3.63) is 51.4 Å². The third-order valence-electron chi connectivity index (χ3n) is 2.66. The molecule has 0 aliphatic heterocycles. The minimum Gasteiger partial charge on any atom is -0.452 e. The molecule has 0 spiro atoms. The minimum atomic E-state index is -0.674. The summed E-state index contributed by atoms with van der Waals surface area (Å²) in [7, 11) is 0. The molecule has 1 amide bonds. The number of carbonyl (C=O) groups excluding carboxylic acids is 2. The lowest BCUT2D eigenvalue weighted by Crippen LogP contribution is -2.30. The van der Waals surface area contributed by atoms with E-state index in [9.17, 15) is 9.59 Å². The van der Waals surface area contributed by atoms with Crippen LogP contribution in [0.2, 0.25) is 5.15 Å². The number of carbonyl (C=O) groups is 2. The van der Waals surface area contributed by atoms with Crippen molar-refractivity contribution in [3.63, 3.8) is 0 Å². The molecule has 1 atom stereocenters. The van der Waals surface area contributed by atoms with Crippen LogP contribution in [-0.4, -0.2) is 23.5 Å². The SMILES string of the molecule is C[C@H](NC(=O)COC(=O)c1cccnc1Cl)c1cccs1. The number of pyridine rings is 1. The van der Waals surface area contributed by atoms with Crippen LogP contribution in [0, 0.1) is 0 Å². The number of nitrogens with zero attached hydrogens (tertiary/aromatic N) is 1. The standard InChI is InChI=1S/C14H13ClN2O3S/c1-9(11-5-3-7-21-11)17-12(18)8-20-14(19)10-4-2-6-16-13(10)15/h2-7,9H,8H2,1H3,(H,17,18)/t9-/m0/s1. The van der Waals surface area contributed by atoms with E-state index in [-0.39, 0.29) is 29.3 Å². The molecule has 0 radical (unpaired) electrons. The molecule has 0 saturated heterocycles. The highest BCUT2D eigenvalue weighted by Gasteiger charge is 2.15. The lowest BCUT2D eigenvalue weighted by Gasteiger charge is -2.12. The van der Waals surface area contributed by atoms with E-state index < -0.39 is 5.97 Å². The van der Waals surface area contributed by atoms with Crippen LogP contribution in [0.1, 0.15) is 28.2 Å². The van der Waals surface area contributed by atoms with E-state index in [1.54, 1.807) is 17.4 Å². The van der Waals surface area contributed by atoms with Crippen molar-refractivity contribution in [2.75, 3.05) is 6.61 Å². The minimum absolute atomic E-state index is 0.0508. The average Bonchev–Trinajstić information content (AvgIpc) is 2.99. The fraction of sp³-hybridized carbons (Fsp3) is 0.214. The zero-order chi connectivity index (χ0) is 15.2. The van der Waals surface area contributed by atoms with Gasteiger partial charge in [0.15, 0.2) is 6.61 Å². The van der Waals surface area contributed by atoms with Gasteiger partial charge in [-0.15, -0.1) is 11.3 Å². The summed E-state index contributed by atoms with van der Waals surface area (Å²) in [6, 6.07) is 6.77. The van der Waals surface area contributed by atoms with Gasteiger partial charge in [-0.2, -0.15) is 0 Å². The van der Waals surface area contributed by atoms with Crippen LogP contribution in [0.4, 0.5) is 0 Å². The number of esters is 1. The summed E-state index contributed by atoms with van der Waals surface area (Å²) in [6.07, 6.45) is 1.47. The van der Waals surface area contributed by atoms with Gasteiger partial charge in [-0.05, 0) is 30.5 Å². The summed E-state index contributed by atoms with van der Waals surface area (Å²) in [4.78, 5) is 28.3. The van der Waals surface area contributed by atoms with E-state index in [2.05, 4.69) is 10.3 Å². The smallest absolute Gasteiger partial charge is 0.341 e. The molecule has 0 bridgehead atoms. The van der Waals surface area contributed by atoms with Gasteiger partial charge in [0, 0.05) is 11.1 Å². The molecular weight excluding hydrogens is 312 g/mol. The fourth-order valence-corrected chi connectivity index (χ4v) is 2.57. The van der Waals surface area contributed by atoms with E-state index in [4.69, 9.17) is 16.3 Å². The summed E-state index contributed by atoms with van der Waals surface area (Å²) >= 11 is 7.32. The first kappa shape index (κ1) is 15.5. The highest BCUT2D eigenvalue weighted by molar-refractivity contribution is 7.10. The topological polar surface area (TPSA) is 68.3 Å². The first-order valence-corrected chi connectivity index (χ1v) is 7.44. The van der Waals surface area contributed by atoms with Gasteiger partial charge in [0.1, 0.15) is 5.15 Å². The van der Waals surface area contributed by atoms with Gasteiger partial charge >= 0.3 is 5.97 Å². The third-order valence-corrected chi connectivity index (χ3v) is 4.02. The highest BCUT2D eigenvalue weighted by atomic mass is 35.5. The molecule has 0 saturated carbocycles. The van der Waals surface area contributed by atoms with Crippen molar-refractivity contribution in [1.29, 1.82) is 0 Å². The van der Waals surface area contributed by atoms with Crippen LogP contribution in [0.25, 0.3) is 0 Å². The monoisotopic (exact) mass is 324 g/mol. The van der Waals surface area contributed by atoms with Crippen LogP contribution < -0.4 is 5.32 Å². The number of halogens is 1. The Morgan fingerprint density at radius 3 is 2.90 bits per heavy atom. The molecule has 0 aliphatic rings. The summed E-state index contributed by atoms with van der Waals surface area (Å²) in [5.74, 6) is -1.05. The Morgan fingerprint density at radius 2 is 2.24 bits per heavy atom. The molecular formula is C14H13ClN2O3S. The van der Waals surface area contributed by atoms with E-state index in [0.29, 0.717) is 0 Å². The molecule has 0 aliphatic carbocycles. The van der Waals surface area contributed by atoms with Gasteiger partial charge in [-0.3, -0.25) is 4.79 Å². The molecule has 110 valence electrons. The molecule has 2 rings (SSSR count). The number of hydrogen-bond donors (Lipinski definition) is 1. The molecule has 5 nitrogen and oxygen atoms in total. The van der Waals surface area contributed by atoms with Gasteiger partial charge < -0.3 is 10.1 Å². The number of thiophene rings is 1. The van der Waals surface area contributed by atoms with E-state index in [0.717, 1.165) is 4.88 Å². The maximum Gasteiger partial charge on any atom is 0.341 e. The summed E-state index contributed by atoms with van der Waals surface area (Å²) in [6.45, 7) is 1.50. The Morgan fingerprint density at radius 1 is 1.43 bits per heavy atom. The number of amides is 1. The zero-order valence-corrected chi connectivity index (χ0v) is 12.8. The van der Waals surface area contributed by atoms with E-state index >= 15 is 0 Å². The molecule has 2 aromatic rings. The summed E-state index contributed by atoms with van der Waals surface area (Å²) in [5, 5.41) is 4.73. The van der Waals surface area contributed by atoms with Crippen molar-refractivity contribution >= 4 is 34.8 Å². The number of aromatic nitrogens is 1. The van der Waals surface area contributed by atoms with Gasteiger partial charge in [0.05, 0.1) is 11.6 Å². The van der Waals surface area contributed by atoms with E-state index in [1.807, 2.05) is 24.4 Å². The molecule has 0 fully saturated rings. The quantitative estimate of drug-likeness (QED) is 0.678. The van der Waals surface area contributed by atoms with Crippen molar-refractivity contribution in [2.24, 2.45) is 0 Å². The summed E-state index contributed by atoms with van der Waals surface area (Å²) < 4.78 is 4.92. The van der Waals surface area contributed by atoms with Crippen LogP contribution in [0.15, 0.2) is 35.8 Å². The van der Waals surface area contributed by atoms with Crippen LogP contribution in [0.5, 0.6) is 0 Å². The Kier molecular flexibility index (Phi) is 5.30. The maximum atomic E-state index is 11.8. The second-order valence-electron chi connectivity index (χ2n) is 4.22. The summed E-state index contributed by atoms with van der Waals surface area (Å²) in [5.41, 5.74) is 0.137. The number of ether oxygens (including phenoxy) is 1. The third kappa shape index (κ3) is 4.27. The molecule has 21 heavy (non-hydrogen) atoms. The van der Waals surface area contributed by atoms with Crippen LogP contribution in [0.3, 0.4) is 0 Å². The van der Waals surface area contributed by atoms with Crippen molar-refractivity contribution in [1.82, 2.24) is 10.3 Å². The van der Waals surface area contributed by atoms with E-state index in [1.165, 1.54) is 12.3 Å². The van der Waals surface area contributed by atoms with Crippen LogP contribution in [-0.2, 0) is 9.53 Å². The lowest BCUT2D eigenvalue weighted by molar-refractivity contribution is -0.124. The molecule has 0 unspecified atom stereocenters. The molecule has 0 aromatic carbocycles. The number of rotatable bonds is 5. The number of nitrogens with one attached hydrogen (secondary N) is 1. The van der Waals surface area contributed by atoms with Crippen molar-refractivity contribution < 1.29 is 14.3 Å². The molecule has 2 heterocycles. The fourth-order valence-electron chi connectivity index (χ4n) is 1.64. The van der Waals surface area contributed by atoms with Gasteiger partial charge in [0.25, 0.3) is 5.91 Å². The number of hydrogen-bond acceptors (Lipinski definition) is 5. The van der Waals surface area contributed by atoms with Crippen molar-refractivity contribution in [3.8, 4) is 0 Å². The van der Waals surface area contributed by atoms with Gasteiger partial charge in [-0.25, -0.2) is 9.78 Å².